The summed E-state index contributed by atoms with van der Waals surface area (Å²) in [6, 6.07) is 5.35. The Morgan fingerprint density at radius 1 is 1.30 bits per heavy atom. The number of hydrogen-bond donors (Lipinski definition) is 1. The van der Waals surface area contributed by atoms with Crippen LogP contribution in [-0.2, 0) is 13.1 Å². The molecular weight excluding hydrogens is 295 g/mol. The molecule has 2 heterocycles. The molecule has 0 spiro atoms. The van der Waals surface area contributed by atoms with Crippen molar-refractivity contribution in [3.63, 3.8) is 0 Å². The van der Waals surface area contributed by atoms with Crippen molar-refractivity contribution < 1.29 is 4.39 Å². The largest absolute Gasteiger partial charge is 0.308 e. The van der Waals surface area contributed by atoms with Crippen LogP contribution < -0.4 is 5.32 Å². The number of aromatic nitrogens is 5. The minimum atomic E-state index is -0.315. The van der Waals surface area contributed by atoms with Gasteiger partial charge in [0.15, 0.2) is 0 Å². The molecule has 3 aromatic rings. The molecule has 0 saturated carbocycles. The number of halogens is 1. The molecule has 0 aliphatic heterocycles. The Bertz CT molecular complexity index is 765. The van der Waals surface area contributed by atoms with E-state index in [4.69, 9.17) is 0 Å². The summed E-state index contributed by atoms with van der Waals surface area (Å²) in [5, 5.41) is 11.6. The van der Waals surface area contributed by atoms with Crippen LogP contribution in [0.25, 0.3) is 5.69 Å². The highest BCUT2D eigenvalue weighted by molar-refractivity contribution is 5.35. The Morgan fingerprint density at radius 2 is 2.17 bits per heavy atom. The van der Waals surface area contributed by atoms with Gasteiger partial charge in [0.25, 0.3) is 0 Å². The quantitative estimate of drug-likeness (QED) is 0.757. The Labute approximate surface area is 134 Å². The molecule has 0 saturated heterocycles. The number of aryl methyl sites for hydroxylation is 1. The summed E-state index contributed by atoms with van der Waals surface area (Å²) in [7, 11) is 0. The molecule has 23 heavy (non-hydrogen) atoms. The van der Waals surface area contributed by atoms with Gasteiger partial charge in [-0.1, -0.05) is 6.07 Å². The zero-order valence-electron chi connectivity index (χ0n) is 13.1. The second kappa shape index (κ2) is 6.70. The molecule has 0 bridgehead atoms. The van der Waals surface area contributed by atoms with Gasteiger partial charge >= 0.3 is 0 Å². The monoisotopic (exact) mass is 314 g/mol. The van der Waals surface area contributed by atoms with Crippen LogP contribution in [-0.4, -0.2) is 30.6 Å². The Balaban J connectivity index is 1.59. The first-order valence-electron chi connectivity index (χ1n) is 7.47. The van der Waals surface area contributed by atoms with Crippen molar-refractivity contribution in [1.82, 2.24) is 29.9 Å². The van der Waals surface area contributed by atoms with E-state index in [0.29, 0.717) is 12.2 Å². The van der Waals surface area contributed by atoms with Crippen molar-refractivity contribution in [2.75, 3.05) is 0 Å². The van der Waals surface area contributed by atoms with E-state index >= 15 is 0 Å². The van der Waals surface area contributed by atoms with Crippen LogP contribution in [0.1, 0.15) is 18.1 Å². The summed E-state index contributed by atoms with van der Waals surface area (Å²) in [6.07, 6.45) is 6.70. The van der Waals surface area contributed by atoms with Crippen molar-refractivity contribution >= 4 is 0 Å². The van der Waals surface area contributed by atoms with Crippen LogP contribution in [0.5, 0.6) is 0 Å². The average molecular weight is 314 g/mol. The van der Waals surface area contributed by atoms with E-state index in [2.05, 4.69) is 27.4 Å². The second-order valence-electron chi connectivity index (χ2n) is 5.65. The van der Waals surface area contributed by atoms with Gasteiger partial charge in [0.1, 0.15) is 24.2 Å². The number of nitrogens with one attached hydrogen (secondary N) is 1. The van der Waals surface area contributed by atoms with Crippen molar-refractivity contribution in [2.45, 2.75) is 33.0 Å². The number of nitrogens with zero attached hydrogens (tertiary/aromatic N) is 5. The lowest BCUT2D eigenvalue weighted by Crippen LogP contribution is -2.30. The van der Waals surface area contributed by atoms with Crippen LogP contribution in [0.3, 0.4) is 0 Å². The molecular formula is C16H19FN6. The Hall–Kier alpha value is -2.54. The van der Waals surface area contributed by atoms with E-state index < -0.39 is 0 Å². The number of hydrogen-bond acceptors (Lipinski definition) is 4. The molecule has 120 valence electrons. The molecule has 6 nitrogen and oxygen atoms in total. The molecule has 7 heteroatoms. The lowest BCUT2D eigenvalue weighted by molar-refractivity contribution is 0.450. The normalized spacial score (nSPS) is 12.5. The average Bonchev–Trinajstić information content (AvgIpc) is 3.17. The smallest absolute Gasteiger partial charge is 0.149 e. The number of benzene rings is 1. The van der Waals surface area contributed by atoms with Crippen molar-refractivity contribution in [1.29, 1.82) is 0 Å². The van der Waals surface area contributed by atoms with Gasteiger partial charge in [-0.05, 0) is 37.1 Å². The summed E-state index contributed by atoms with van der Waals surface area (Å²) >= 11 is 0. The first-order valence-corrected chi connectivity index (χ1v) is 7.47. The lowest BCUT2D eigenvalue weighted by atomic mass is 10.2. The maximum absolute atomic E-state index is 14.2. The molecule has 1 N–H and O–H groups in total. The molecule has 0 amide bonds. The van der Waals surface area contributed by atoms with E-state index in [9.17, 15) is 4.39 Å². The minimum Gasteiger partial charge on any atom is -0.308 e. The van der Waals surface area contributed by atoms with Crippen LogP contribution >= 0.6 is 0 Å². The summed E-state index contributed by atoms with van der Waals surface area (Å²) in [4.78, 5) is 3.83. The molecule has 2 aromatic heterocycles. The third kappa shape index (κ3) is 3.81. The van der Waals surface area contributed by atoms with Gasteiger partial charge in [0.2, 0.25) is 0 Å². The fraction of sp³-hybridized carbons (Fsp3) is 0.312. The maximum atomic E-state index is 14.2. The Morgan fingerprint density at radius 3 is 2.83 bits per heavy atom. The number of rotatable bonds is 6. The first-order chi connectivity index (χ1) is 11.1. The van der Waals surface area contributed by atoms with Crippen LogP contribution in [0.4, 0.5) is 4.39 Å². The maximum Gasteiger partial charge on any atom is 0.149 e. The summed E-state index contributed by atoms with van der Waals surface area (Å²) in [5.74, 6) is -0.315. The SMILES string of the molecule is Cc1cnn(C[C@H](C)NCc2ccc(-n3cncn3)c(F)c2)c1. The second-order valence-corrected chi connectivity index (χ2v) is 5.65. The molecule has 1 atom stereocenters. The molecule has 0 radical (unpaired) electrons. The molecule has 0 unspecified atom stereocenters. The summed E-state index contributed by atoms with van der Waals surface area (Å²) in [6.45, 7) is 5.46. The standard InChI is InChI=1S/C16H19FN6/c1-12-6-20-22(8-12)9-13(2)19-7-14-3-4-16(15(17)5-14)23-11-18-10-21-23/h3-6,8,10-11,13,19H,7,9H2,1-2H3/t13-/m0/s1. The van der Waals surface area contributed by atoms with Crippen LogP contribution in [0.15, 0.2) is 43.2 Å². The predicted molar refractivity (Wildman–Crippen MR) is 84.6 cm³/mol. The summed E-state index contributed by atoms with van der Waals surface area (Å²) in [5.41, 5.74) is 2.42. The topological polar surface area (TPSA) is 60.6 Å². The van der Waals surface area contributed by atoms with Crippen LogP contribution in [0.2, 0.25) is 0 Å². The van der Waals surface area contributed by atoms with Gasteiger partial charge in [0, 0.05) is 18.8 Å². The zero-order chi connectivity index (χ0) is 16.2. The fourth-order valence-electron chi connectivity index (χ4n) is 2.38. The third-order valence-corrected chi connectivity index (χ3v) is 3.56. The van der Waals surface area contributed by atoms with Gasteiger partial charge in [0.05, 0.1) is 12.7 Å². The van der Waals surface area contributed by atoms with E-state index in [1.807, 2.05) is 30.1 Å². The molecule has 0 fully saturated rings. The molecule has 3 rings (SSSR count). The van der Waals surface area contributed by atoms with Gasteiger partial charge in [-0.3, -0.25) is 4.68 Å². The van der Waals surface area contributed by atoms with Crippen molar-refractivity contribution in [3.8, 4) is 5.69 Å². The Kier molecular flexibility index (Phi) is 4.47. The first kappa shape index (κ1) is 15.4. The highest BCUT2D eigenvalue weighted by Crippen LogP contribution is 2.14. The summed E-state index contributed by atoms with van der Waals surface area (Å²) < 4.78 is 17.5. The van der Waals surface area contributed by atoms with E-state index in [-0.39, 0.29) is 11.9 Å². The predicted octanol–water partition coefficient (Wildman–Crippen LogP) is 2.09. The third-order valence-electron chi connectivity index (χ3n) is 3.56. The molecule has 1 aromatic carbocycles. The van der Waals surface area contributed by atoms with Gasteiger partial charge in [-0.25, -0.2) is 14.1 Å². The lowest BCUT2D eigenvalue weighted by Gasteiger charge is -2.14. The van der Waals surface area contributed by atoms with Crippen molar-refractivity contribution in [3.05, 3.63) is 60.2 Å². The van der Waals surface area contributed by atoms with Gasteiger partial charge in [-0.15, -0.1) is 0 Å². The minimum absolute atomic E-state index is 0.229. The van der Waals surface area contributed by atoms with Crippen LogP contribution in [0, 0.1) is 12.7 Å². The van der Waals surface area contributed by atoms with Gasteiger partial charge in [-0.2, -0.15) is 10.2 Å². The fourth-order valence-corrected chi connectivity index (χ4v) is 2.38. The van der Waals surface area contributed by atoms with Gasteiger partial charge < -0.3 is 5.32 Å². The highest BCUT2D eigenvalue weighted by atomic mass is 19.1. The van der Waals surface area contributed by atoms with E-state index in [1.165, 1.54) is 23.4 Å². The zero-order valence-corrected chi connectivity index (χ0v) is 13.1. The molecule has 0 aliphatic carbocycles. The highest BCUT2D eigenvalue weighted by Gasteiger charge is 2.08. The van der Waals surface area contributed by atoms with E-state index in [1.54, 1.807) is 6.07 Å². The van der Waals surface area contributed by atoms with Crippen molar-refractivity contribution in [2.24, 2.45) is 0 Å². The van der Waals surface area contributed by atoms with E-state index in [0.717, 1.165) is 17.7 Å². The molecule has 0 aliphatic rings.